The number of hydrogen-bond acceptors (Lipinski definition) is 2. The molecule has 0 atom stereocenters. The second-order valence-electron chi connectivity index (χ2n) is 3.16. The van der Waals surface area contributed by atoms with Gasteiger partial charge in [-0.05, 0) is 6.07 Å². The van der Waals surface area contributed by atoms with Crippen LogP contribution >= 0.6 is 0 Å². The molecule has 1 aromatic carbocycles. The molecule has 1 aromatic heterocycles. The van der Waals surface area contributed by atoms with Gasteiger partial charge in [0.1, 0.15) is 0 Å². The van der Waals surface area contributed by atoms with Crippen molar-refractivity contribution in [3.8, 4) is 0 Å². The summed E-state index contributed by atoms with van der Waals surface area (Å²) in [4.78, 5) is 15.0. The van der Waals surface area contributed by atoms with E-state index in [1.807, 2.05) is 18.2 Å². The number of hydrogen-bond donors (Lipinski definition) is 1. The Morgan fingerprint density at radius 1 is 1.27 bits per heavy atom. The van der Waals surface area contributed by atoms with Crippen LogP contribution in [0.15, 0.2) is 43.1 Å². The van der Waals surface area contributed by atoms with Gasteiger partial charge in [0.2, 0.25) is 0 Å². The molecule has 0 aliphatic heterocycles. The van der Waals surface area contributed by atoms with Crippen LogP contribution in [0.5, 0.6) is 0 Å². The lowest BCUT2D eigenvalue weighted by Crippen LogP contribution is -1.99. The standard InChI is InChI=1S/C12H9NO2/c1-8(12(14)15)10-6-2-4-9-5-3-7-13-11(9)10/h2-7H,1H2,(H,14,15). The Balaban J connectivity index is 2.71. The first-order valence-electron chi connectivity index (χ1n) is 4.46. The average Bonchev–Trinajstić information content (AvgIpc) is 2.27. The molecule has 0 fully saturated rings. The number of nitrogens with zero attached hydrogens (tertiary/aromatic N) is 1. The fourth-order valence-electron chi connectivity index (χ4n) is 1.46. The van der Waals surface area contributed by atoms with Crippen LogP contribution in [0.2, 0.25) is 0 Å². The molecule has 0 radical (unpaired) electrons. The van der Waals surface area contributed by atoms with Gasteiger partial charge in [-0.25, -0.2) is 4.79 Å². The van der Waals surface area contributed by atoms with Crippen LogP contribution in [-0.4, -0.2) is 16.1 Å². The molecule has 74 valence electrons. The molecule has 0 amide bonds. The second-order valence-corrected chi connectivity index (χ2v) is 3.16. The van der Waals surface area contributed by atoms with Crippen LogP contribution in [0.4, 0.5) is 0 Å². The van der Waals surface area contributed by atoms with Crippen molar-refractivity contribution in [1.29, 1.82) is 0 Å². The topological polar surface area (TPSA) is 50.2 Å². The summed E-state index contributed by atoms with van der Waals surface area (Å²) in [6.45, 7) is 3.54. The minimum absolute atomic E-state index is 0.0688. The molecule has 0 spiro atoms. The van der Waals surface area contributed by atoms with Gasteiger partial charge < -0.3 is 5.11 Å². The average molecular weight is 199 g/mol. The summed E-state index contributed by atoms with van der Waals surface area (Å²) in [6, 6.07) is 9.11. The lowest BCUT2D eigenvalue weighted by Gasteiger charge is -2.04. The number of pyridine rings is 1. The van der Waals surface area contributed by atoms with Crippen molar-refractivity contribution in [2.24, 2.45) is 0 Å². The molecule has 3 heteroatoms. The Hall–Kier alpha value is -2.16. The molecule has 2 rings (SSSR count). The van der Waals surface area contributed by atoms with Crippen molar-refractivity contribution in [3.05, 3.63) is 48.7 Å². The third-order valence-electron chi connectivity index (χ3n) is 2.22. The van der Waals surface area contributed by atoms with Crippen molar-refractivity contribution in [1.82, 2.24) is 4.98 Å². The quantitative estimate of drug-likeness (QED) is 0.755. The first-order valence-corrected chi connectivity index (χ1v) is 4.46. The third-order valence-corrected chi connectivity index (χ3v) is 2.22. The summed E-state index contributed by atoms with van der Waals surface area (Å²) in [5, 5.41) is 9.78. The Morgan fingerprint density at radius 3 is 2.73 bits per heavy atom. The highest BCUT2D eigenvalue weighted by Crippen LogP contribution is 2.21. The Bertz CT molecular complexity index is 541. The van der Waals surface area contributed by atoms with Gasteiger partial charge in [0.15, 0.2) is 0 Å². The van der Waals surface area contributed by atoms with Crippen molar-refractivity contribution >= 4 is 22.4 Å². The number of aromatic nitrogens is 1. The lowest BCUT2D eigenvalue weighted by atomic mass is 10.0. The molecule has 0 saturated carbocycles. The molecule has 15 heavy (non-hydrogen) atoms. The van der Waals surface area contributed by atoms with Crippen molar-refractivity contribution in [3.63, 3.8) is 0 Å². The van der Waals surface area contributed by atoms with Gasteiger partial charge in [-0.1, -0.05) is 30.8 Å². The van der Waals surface area contributed by atoms with E-state index in [2.05, 4.69) is 11.6 Å². The van der Waals surface area contributed by atoms with Crippen LogP contribution in [0.1, 0.15) is 5.56 Å². The lowest BCUT2D eigenvalue weighted by molar-refractivity contribution is -0.130. The van der Waals surface area contributed by atoms with Gasteiger partial charge >= 0.3 is 5.97 Å². The maximum Gasteiger partial charge on any atom is 0.335 e. The summed E-state index contributed by atoms with van der Waals surface area (Å²) in [7, 11) is 0. The van der Waals surface area contributed by atoms with Gasteiger partial charge in [-0.15, -0.1) is 0 Å². The molecule has 1 N–H and O–H groups in total. The van der Waals surface area contributed by atoms with E-state index in [-0.39, 0.29) is 5.57 Å². The molecule has 0 unspecified atom stereocenters. The first-order chi connectivity index (χ1) is 7.20. The van der Waals surface area contributed by atoms with Crippen LogP contribution in [0, 0.1) is 0 Å². The molecule has 3 nitrogen and oxygen atoms in total. The van der Waals surface area contributed by atoms with Crippen LogP contribution in [0.3, 0.4) is 0 Å². The number of carboxylic acid groups (broad SMARTS) is 1. The highest BCUT2D eigenvalue weighted by molar-refractivity contribution is 6.17. The zero-order valence-electron chi connectivity index (χ0n) is 7.97. The van der Waals surface area contributed by atoms with E-state index in [0.717, 1.165) is 5.39 Å². The molecule has 0 bridgehead atoms. The summed E-state index contributed by atoms with van der Waals surface area (Å²) in [5.41, 5.74) is 1.31. The highest BCUT2D eigenvalue weighted by atomic mass is 16.4. The number of carbonyl (C=O) groups is 1. The maximum atomic E-state index is 10.8. The fourth-order valence-corrected chi connectivity index (χ4v) is 1.46. The molecule has 1 heterocycles. The second kappa shape index (κ2) is 3.53. The number of carboxylic acids is 1. The SMILES string of the molecule is C=C(C(=O)O)c1cccc2cccnc12. The van der Waals surface area contributed by atoms with E-state index in [9.17, 15) is 4.79 Å². The van der Waals surface area contributed by atoms with E-state index in [1.165, 1.54) is 0 Å². The van der Waals surface area contributed by atoms with Crippen molar-refractivity contribution < 1.29 is 9.90 Å². The van der Waals surface area contributed by atoms with Crippen LogP contribution in [-0.2, 0) is 4.79 Å². The summed E-state index contributed by atoms with van der Waals surface area (Å²) in [5.74, 6) is -1.02. The van der Waals surface area contributed by atoms with Gasteiger partial charge in [0.05, 0.1) is 11.1 Å². The fraction of sp³-hybridized carbons (Fsp3) is 0. The normalized spacial score (nSPS) is 10.1. The summed E-state index contributed by atoms with van der Waals surface area (Å²) in [6.07, 6.45) is 1.64. The summed E-state index contributed by atoms with van der Waals surface area (Å²) < 4.78 is 0. The van der Waals surface area contributed by atoms with Crippen molar-refractivity contribution in [2.45, 2.75) is 0 Å². The number of benzene rings is 1. The Morgan fingerprint density at radius 2 is 2.00 bits per heavy atom. The van der Waals surface area contributed by atoms with E-state index in [0.29, 0.717) is 11.1 Å². The van der Waals surface area contributed by atoms with E-state index in [1.54, 1.807) is 18.3 Å². The molecular weight excluding hydrogens is 190 g/mol. The number of aliphatic carboxylic acids is 1. The minimum atomic E-state index is -1.02. The largest absolute Gasteiger partial charge is 0.478 e. The smallest absolute Gasteiger partial charge is 0.335 e. The highest BCUT2D eigenvalue weighted by Gasteiger charge is 2.10. The third kappa shape index (κ3) is 1.59. The van der Waals surface area contributed by atoms with Gasteiger partial charge in [0, 0.05) is 17.1 Å². The monoisotopic (exact) mass is 199 g/mol. The molecule has 0 saturated heterocycles. The Kier molecular flexibility index (Phi) is 2.21. The van der Waals surface area contributed by atoms with Crippen molar-refractivity contribution in [2.75, 3.05) is 0 Å². The Labute approximate surface area is 86.7 Å². The summed E-state index contributed by atoms with van der Waals surface area (Å²) >= 11 is 0. The predicted molar refractivity (Wildman–Crippen MR) is 58.4 cm³/mol. The minimum Gasteiger partial charge on any atom is -0.478 e. The first kappa shape index (κ1) is 9.40. The predicted octanol–water partition coefficient (Wildman–Crippen LogP) is 2.33. The zero-order chi connectivity index (χ0) is 10.8. The zero-order valence-corrected chi connectivity index (χ0v) is 7.97. The molecule has 0 aliphatic carbocycles. The number of fused-ring (bicyclic) bond motifs is 1. The van der Waals surface area contributed by atoms with Gasteiger partial charge in [-0.2, -0.15) is 0 Å². The van der Waals surface area contributed by atoms with Gasteiger partial charge in [-0.3, -0.25) is 4.98 Å². The van der Waals surface area contributed by atoms with Crippen LogP contribution < -0.4 is 0 Å². The number of para-hydroxylation sites is 1. The van der Waals surface area contributed by atoms with E-state index in [4.69, 9.17) is 5.11 Å². The molecule has 2 aromatic rings. The van der Waals surface area contributed by atoms with E-state index < -0.39 is 5.97 Å². The number of rotatable bonds is 2. The van der Waals surface area contributed by atoms with Gasteiger partial charge in [0.25, 0.3) is 0 Å². The van der Waals surface area contributed by atoms with Crippen LogP contribution in [0.25, 0.3) is 16.5 Å². The molecule has 0 aliphatic rings. The molecular formula is C12H9NO2. The maximum absolute atomic E-state index is 10.8. The van der Waals surface area contributed by atoms with E-state index >= 15 is 0 Å².